The minimum absolute atomic E-state index is 0.103. The van der Waals surface area contributed by atoms with Gasteiger partial charge in [0.15, 0.2) is 0 Å². The van der Waals surface area contributed by atoms with Crippen molar-refractivity contribution in [1.29, 1.82) is 0 Å². The molecule has 0 aliphatic carbocycles. The van der Waals surface area contributed by atoms with Crippen molar-refractivity contribution in [3.8, 4) is 0 Å². The van der Waals surface area contributed by atoms with Gasteiger partial charge in [-0.15, -0.1) is 0 Å². The van der Waals surface area contributed by atoms with E-state index in [1.807, 2.05) is 24.3 Å². The highest BCUT2D eigenvalue weighted by atomic mass is 19.1. The monoisotopic (exact) mass is 353 g/mol. The normalized spacial score (nSPS) is 11.8. The van der Waals surface area contributed by atoms with Gasteiger partial charge < -0.3 is 10.1 Å². The summed E-state index contributed by atoms with van der Waals surface area (Å²) in [4.78, 5) is 33.1. The molecule has 0 aliphatic heterocycles. The molecule has 0 fully saturated rings. The molecule has 1 heterocycles. The van der Waals surface area contributed by atoms with Gasteiger partial charge in [-0.3, -0.25) is 9.78 Å². The predicted octanol–water partition coefficient (Wildman–Crippen LogP) is 2.28. The van der Waals surface area contributed by atoms with Crippen molar-refractivity contribution in [1.82, 2.24) is 15.3 Å². The van der Waals surface area contributed by atoms with Crippen LogP contribution in [0.4, 0.5) is 4.39 Å². The lowest BCUT2D eigenvalue weighted by Gasteiger charge is -2.16. The average Bonchev–Trinajstić information content (AvgIpc) is 2.66. The molecule has 1 amide bonds. The van der Waals surface area contributed by atoms with E-state index in [-0.39, 0.29) is 12.0 Å². The Hall–Kier alpha value is -3.35. The molecule has 1 atom stereocenters. The summed E-state index contributed by atoms with van der Waals surface area (Å²) in [5, 5.41) is 2.56. The van der Waals surface area contributed by atoms with Crippen LogP contribution in [0.1, 0.15) is 16.1 Å². The molecular weight excluding hydrogens is 337 g/mol. The van der Waals surface area contributed by atoms with E-state index >= 15 is 0 Å². The van der Waals surface area contributed by atoms with Crippen molar-refractivity contribution in [2.24, 2.45) is 0 Å². The molecule has 0 radical (unpaired) electrons. The molecule has 0 spiro atoms. The van der Waals surface area contributed by atoms with E-state index in [0.29, 0.717) is 11.2 Å². The first-order valence-electron chi connectivity index (χ1n) is 7.92. The van der Waals surface area contributed by atoms with Crippen LogP contribution in [0.3, 0.4) is 0 Å². The Bertz CT molecular complexity index is 961. The number of aromatic nitrogens is 2. The molecule has 0 saturated heterocycles. The van der Waals surface area contributed by atoms with Crippen LogP contribution in [0.2, 0.25) is 0 Å². The Balaban J connectivity index is 1.81. The number of nitrogens with one attached hydrogen (secondary N) is 1. The first-order valence-corrected chi connectivity index (χ1v) is 7.92. The number of methoxy groups -OCH3 is 1. The lowest BCUT2D eigenvalue weighted by Crippen LogP contribution is -2.43. The zero-order chi connectivity index (χ0) is 18.5. The molecule has 0 aliphatic rings. The van der Waals surface area contributed by atoms with Gasteiger partial charge in [0.2, 0.25) is 0 Å². The van der Waals surface area contributed by atoms with Crippen LogP contribution >= 0.6 is 0 Å². The lowest BCUT2D eigenvalue weighted by atomic mass is 10.1. The average molecular weight is 353 g/mol. The number of fused-ring (bicyclic) bond motifs is 1. The minimum atomic E-state index is -0.966. The Morgan fingerprint density at radius 3 is 2.65 bits per heavy atom. The number of amides is 1. The maximum Gasteiger partial charge on any atom is 0.328 e. The van der Waals surface area contributed by atoms with Crippen molar-refractivity contribution in [3.63, 3.8) is 0 Å². The summed E-state index contributed by atoms with van der Waals surface area (Å²) < 4.78 is 18.1. The van der Waals surface area contributed by atoms with E-state index in [2.05, 4.69) is 15.3 Å². The van der Waals surface area contributed by atoms with Crippen molar-refractivity contribution in [2.45, 2.75) is 12.5 Å². The number of carbonyl (C=O) groups is 2. The molecular formula is C19H16FN3O3. The van der Waals surface area contributed by atoms with Gasteiger partial charge in [0.25, 0.3) is 5.91 Å². The molecule has 1 aromatic heterocycles. The van der Waals surface area contributed by atoms with Gasteiger partial charge in [-0.2, -0.15) is 0 Å². The highest BCUT2D eigenvalue weighted by Gasteiger charge is 2.23. The zero-order valence-corrected chi connectivity index (χ0v) is 14.0. The number of hydrogen-bond donors (Lipinski definition) is 1. The standard InChI is InChI=1S/C19H16FN3O3/c1-26-19(25)17(23-18(24)12-5-4-6-13(20)9-12)10-14-11-21-15-7-2-3-8-16(15)22-14/h2-9,11,17H,10H2,1H3,(H,23,24)/t17-/m1/s1. The maximum absolute atomic E-state index is 13.3. The molecule has 26 heavy (non-hydrogen) atoms. The van der Waals surface area contributed by atoms with Crippen LogP contribution in [0, 0.1) is 5.82 Å². The summed E-state index contributed by atoms with van der Waals surface area (Å²) in [7, 11) is 1.23. The van der Waals surface area contributed by atoms with E-state index in [4.69, 9.17) is 4.74 Å². The first-order chi connectivity index (χ1) is 12.6. The van der Waals surface area contributed by atoms with Crippen LogP contribution < -0.4 is 5.32 Å². The summed E-state index contributed by atoms with van der Waals surface area (Å²) in [6, 6.07) is 11.6. The van der Waals surface area contributed by atoms with Crippen molar-refractivity contribution >= 4 is 22.9 Å². The molecule has 0 saturated carbocycles. The van der Waals surface area contributed by atoms with Crippen LogP contribution in [0.5, 0.6) is 0 Å². The third kappa shape index (κ3) is 4.00. The Morgan fingerprint density at radius 2 is 1.92 bits per heavy atom. The molecule has 0 unspecified atom stereocenters. The molecule has 132 valence electrons. The first kappa shape index (κ1) is 17.5. The zero-order valence-electron chi connectivity index (χ0n) is 14.0. The smallest absolute Gasteiger partial charge is 0.328 e. The van der Waals surface area contributed by atoms with Gasteiger partial charge in [0, 0.05) is 18.2 Å². The summed E-state index contributed by atoms with van der Waals surface area (Å²) in [5.41, 5.74) is 2.06. The van der Waals surface area contributed by atoms with Crippen LogP contribution in [0.25, 0.3) is 11.0 Å². The Labute approximate surface area is 149 Å². The van der Waals surface area contributed by atoms with Gasteiger partial charge in [-0.1, -0.05) is 18.2 Å². The number of halogens is 1. The molecule has 1 N–H and O–H groups in total. The largest absolute Gasteiger partial charge is 0.467 e. The number of carbonyl (C=O) groups excluding carboxylic acids is 2. The van der Waals surface area contributed by atoms with Gasteiger partial charge in [-0.05, 0) is 30.3 Å². The number of ether oxygens (including phenoxy) is 1. The third-order valence-corrected chi connectivity index (χ3v) is 3.79. The quantitative estimate of drug-likeness (QED) is 0.712. The number of esters is 1. The highest BCUT2D eigenvalue weighted by Crippen LogP contribution is 2.11. The molecule has 7 heteroatoms. The number of nitrogens with zero attached hydrogens (tertiary/aromatic N) is 2. The highest BCUT2D eigenvalue weighted by molar-refractivity contribution is 5.96. The van der Waals surface area contributed by atoms with Crippen LogP contribution in [-0.4, -0.2) is 35.0 Å². The van der Waals surface area contributed by atoms with E-state index in [9.17, 15) is 14.0 Å². The lowest BCUT2D eigenvalue weighted by molar-refractivity contribution is -0.142. The molecule has 6 nitrogen and oxygen atoms in total. The molecule has 3 aromatic rings. The van der Waals surface area contributed by atoms with Crippen molar-refractivity contribution < 1.29 is 18.7 Å². The number of benzene rings is 2. The van der Waals surface area contributed by atoms with Crippen LogP contribution in [0.15, 0.2) is 54.7 Å². The Kier molecular flexibility index (Phi) is 5.17. The Morgan fingerprint density at radius 1 is 1.15 bits per heavy atom. The topological polar surface area (TPSA) is 81.2 Å². The van der Waals surface area contributed by atoms with E-state index in [0.717, 1.165) is 11.6 Å². The minimum Gasteiger partial charge on any atom is -0.467 e. The van der Waals surface area contributed by atoms with Crippen molar-refractivity contribution in [2.75, 3.05) is 7.11 Å². The summed E-state index contributed by atoms with van der Waals surface area (Å²) in [6.45, 7) is 0. The fourth-order valence-electron chi connectivity index (χ4n) is 2.51. The number of hydrogen-bond acceptors (Lipinski definition) is 5. The van der Waals surface area contributed by atoms with Crippen LogP contribution in [-0.2, 0) is 16.0 Å². The molecule has 3 rings (SSSR count). The summed E-state index contributed by atoms with van der Waals surface area (Å²) in [5.74, 6) is -1.73. The van der Waals surface area contributed by atoms with Crippen molar-refractivity contribution in [3.05, 3.63) is 71.8 Å². The summed E-state index contributed by atoms with van der Waals surface area (Å²) >= 11 is 0. The second-order valence-corrected chi connectivity index (χ2v) is 5.61. The number of rotatable bonds is 5. The van der Waals surface area contributed by atoms with Gasteiger partial charge in [0.1, 0.15) is 11.9 Å². The van der Waals surface area contributed by atoms with E-state index < -0.39 is 23.7 Å². The second-order valence-electron chi connectivity index (χ2n) is 5.61. The fourth-order valence-corrected chi connectivity index (χ4v) is 2.51. The van der Waals surface area contributed by atoms with Gasteiger partial charge in [-0.25, -0.2) is 14.2 Å². The maximum atomic E-state index is 13.3. The fraction of sp³-hybridized carbons (Fsp3) is 0.158. The van der Waals surface area contributed by atoms with Gasteiger partial charge >= 0.3 is 5.97 Å². The predicted molar refractivity (Wildman–Crippen MR) is 92.9 cm³/mol. The number of para-hydroxylation sites is 2. The van der Waals surface area contributed by atoms with E-state index in [1.54, 1.807) is 6.20 Å². The molecule has 2 aromatic carbocycles. The second kappa shape index (κ2) is 7.69. The van der Waals surface area contributed by atoms with E-state index in [1.165, 1.54) is 25.3 Å². The SMILES string of the molecule is COC(=O)[C@@H](Cc1cnc2ccccc2n1)NC(=O)c1cccc(F)c1. The van der Waals surface area contributed by atoms with Gasteiger partial charge in [0.05, 0.1) is 23.8 Å². The molecule has 0 bridgehead atoms. The third-order valence-electron chi connectivity index (χ3n) is 3.79. The summed E-state index contributed by atoms with van der Waals surface area (Å²) in [6.07, 6.45) is 1.65.